The fraction of sp³-hybridized carbons (Fsp3) is 0.304. The number of alkyl halides is 2. The van der Waals surface area contributed by atoms with Crippen molar-refractivity contribution in [1.29, 1.82) is 0 Å². The van der Waals surface area contributed by atoms with Crippen LogP contribution in [0, 0.1) is 0 Å². The predicted molar refractivity (Wildman–Crippen MR) is 121 cm³/mol. The first-order valence-corrected chi connectivity index (χ1v) is 12.5. The van der Waals surface area contributed by atoms with Crippen molar-refractivity contribution in [2.24, 2.45) is 4.99 Å². The molecule has 0 bridgehead atoms. The number of nitrogens with one attached hydrogen (secondary N) is 1. The van der Waals surface area contributed by atoms with E-state index >= 15 is 0 Å². The molecule has 3 aromatic rings. The standard InChI is InChI=1S/C23H21F2N5O2S/c1-33(31,32)21-8-3-2-6-17(21)27-18-11-14(26-19-12-20(23(24)25)28-22(18)19)10-15-9-13-5-4-7-16(13)30-29-15/h2-3,6,8-9,11,23H,4-5,7,10,12H2,1H3,(H,26,27). The van der Waals surface area contributed by atoms with Crippen LogP contribution < -0.4 is 5.32 Å². The van der Waals surface area contributed by atoms with Crippen molar-refractivity contribution in [2.75, 3.05) is 11.6 Å². The van der Waals surface area contributed by atoms with E-state index in [1.807, 2.05) is 6.07 Å². The zero-order valence-corrected chi connectivity index (χ0v) is 18.7. The lowest BCUT2D eigenvalue weighted by Crippen LogP contribution is -2.10. The van der Waals surface area contributed by atoms with Crippen LogP contribution in [0.4, 0.5) is 25.8 Å². The van der Waals surface area contributed by atoms with E-state index in [0.29, 0.717) is 34.9 Å². The number of benzene rings is 1. The van der Waals surface area contributed by atoms with E-state index in [1.165, 1.54) is 11.6 Å². The molecule has 1 N–H and O–H groups in total. The Hall–Kier alpha value is -3.27. The molecule has 1 aliphatic carbocycles. The number of aromatic nitrogens is 3. The highest BCUT2D eigenvalue weighted by Crippen LogP contribution is 2.38. The van der Waals surface area contributed by atoms with Gasteiger partial charge in [0.05, 0.1) is 39.1 Å². The molecule has 0 saturated heterocycles. The molecule has 1 aliphatic heterocycles. The second kappa shape index (κ2) is 8.26. The maximum atomic E-state index is 13.4. The molecule has 1 aromatic carbocycles. The Labute approximate surface area is 189 Å². The van der Waals surface area contributed by atoms with Gasteiger partial charge in [-0.1, -0.05) is 12.1 Å². The van der Waals surface area contributed by atoms with Gasteiger partial charge in [-0.05, 0) is 49.1 Å². The second-order valence-electron chi connectivity index (χ2n) is 8.27. The van der Waals surface area contributed by atoms with Crippen molar-refractivity contribution in [2.45, 2.75) is 43.4 Å². The number of sulfone groups is 1. The van der Waals surface area contributed by atoms with Gasteiger partial charge < -0.3 is 5.32 Å². The summed E-state index contributed by atoms with van der Waals surface area (Å²) in [5.74, 6) is 0. The minimum atomic E-state index is -3.51. The lowest BCUT2D eigenvalue weighted by atomic mass is 10.1. The van der Waals surface area contributed by atoms with Crippen LogP contribution in [0.15, 0.2) is 46.3 Å². The van der Waals surface area contributed by atoms with E-state index in [1.54, 1.807) is 24.3 Å². The molecule has 170 valence electrons. The molecule has 0 unspecified atom stereocenters. The Kier molecular flexibility index (Phi) is 5.40. The molecule has 0 amide bonds. The number of halogens is 2. The maximum absolute atomic E-state index is 13.4. The van der Waals surface area contributed by atoms with Crippen LogP contribution in [0.2, 0.25) is 0 Å². The lowest BCUT2D eigenvalue weighted by molar-refractivity contribution is 0.224. The number of aliphatic imine (C=N–C) groups is 1. The number of aryl methyl sites for hydroxylation is 2. The normalized spacial score (nSPS) is 14.8. The zero-order valence-electron chi connectivity index (χ0n) is 17.8. The van der Waals surface area contributed by atoms with Gasteiger partial charge in [0.15, 0.2) is 9.84 Å². The van der Waals surface area contributed by atoms with Gasteiger partial charge in [0, 0.05) is 24.8 Å². The van der Waals surface area contributed by atoms with Crippen molar-refractivity contribution < 1.29 is 17.2 Å². The first kappa shape index (κ1) is 21.6. The Morgan fingerprint density at radius 1 is 1.03 bits per heavy atom. The van der Waals surface area contributed by atoms with Gasteiger partial charge in [0.25, 0.3) is 6.43 Å². The number of para-hydroxylation sites is 1. The molecule has 0 fully saturated rings. The number of pyridine rings is 1. The first-order valence-electron chi connectivity index (χ1n) is 10.6. The van der Waals surface area contributed by atoms with Crippen LogP contribution in [0.5, 0.6) is 0 Å². The minimum absolute atomic E-state index is 0.0564. The van der Waals surface area contributed by atoms with Crippen LogP contribution in [0.25, 0.3) is 0 Å². The van der Waals surface area contributed by atoms with Crippen molar-refractivity contribution in [3.63, 3.8) is 0 Å². The highest BCUT2D eigenvalue weighted by molar-refractivity contribution is 7.90. The third kappa shape index (κ3) is 4.35. The predicted octanol–water partition coefficient (Wildman–Crippen LogP) is 3.99. The summed E-state index contributed by atoms with van der Waals surface area (Å²) in [6.07, 6.45) is 1.71. The molecule has 10 heteroatoms. The molecule has 0 atom stereocenters. The summed E-state index contributed by atoms with van der Waals surface area (Å²) < 4.78 is 51.2. The topological polar surface area (TPSA) is 97.2 Å². The van der Waals surface area contributed by atoms with Gasteiger partial charge in [-0.3, -0.25) is 4.98 Å². The molecule has 0 saturated carbocycles. The number of nitrogens with zero attached hydrogens (tertiary/aromatic N) is 4. The van der Waals surface area contributed by atoms with Gasteiger partial charge in [-0.2, -0.15) is 10.2 Å². The summed E-state index contributed by atoms with van der Waals surface area (Å²) in [5.41, 5.74) is 4.82. The Morgan fingerprint density at radius 3 is 2.64 bits per heavy atom. The maximum Gasteiger partial charge on any atom is 0.277 e. The number of rotatable bonds is 6. The summed E-state index contributed by atoms with van der Waals surface area (Å²) in [6, 6.07) is 10.2. The molecule has 3 heterocycles. The van der Waals surface area contributed by atoms with E-state index in [2.05, 4.69) is 25.5 Å². The summed E-state index contributed by atoms with van der Waals surface area (Å²) in [4.78, 5) is 8.78. The Bertz CT molecular complexity index is 1390. The summed E-state index contributed by atoms with van der Waals surface area (Å²) in [7, 11) is -3.51. The molecule has 0 spiro atoms. The summed E-state index contributed by atoms with van der Waals surface area (Å²) >= 11 is 0. The van der Waals surface area contributed by atoms with Gasteiger partial charge in [0.1, 0.15) is 5.69 Å². The molecule has 2 aliphatic rings. The van der Waals surface area contributed by atoms with E-state index in [4.69, 9.17) is 0 Å². The fourth-order valence-electron chi connectivity index (χ4n) is 4.25. The van der Waals surface area contributed by atoms with Gasteiger partial charge in [-0.15, -0.1) is 0 Å². The largest absolute Gasteiger partial charge is 0.353 e. The van der Waals surface area contributed by atoms with E-state index in [9.17, 15) is 17.2 Å². The first-order chi connectivity index (χ1) is 15.8. The zero-order chi connectivity index (χ0) is 23.2. The molecule has 7 nitrogen and oxygen atoms in total. The molecule has 0 radical (unpaired) electrons. The lowest BCUT2D eigenvalue weighted by Gasteiger charge is -2.14. The number of hydrogen-bond acceptors (Lipinski definition) is 7. The van der Waals surface area contributed by atoms with E-state index in [0.717, 1.165) is 36.9 Å². The highest BCUT2D eigenvalue weighted by Gasteiger charge is 2.27. The number of hydrogen-bond donors (Lipinski definition) is 1. The molecule has 33 heavy (non-hydrogen) atoms. The van der Waals surface area contributed by atoms with E-state index in [-0.39, 0.29) is 17.0 Å². The van der Waals surface area contributed by atoms with Crippen LogP contribution in [-0.2, 0) is 35.5 Å². The van der Waals surface area contributed by atoms with Gasteiger partial charge >= 0.3 is 0 Å². The Balaban J connectivity index is 1.55. The SMILES string of the molecule is CS(=O)(=O)c1ccccc1Nc1cc(Cc2cc3c(nn2)CCC3)nc2c1N=C(C(F)F)C2. The van der Waals surface area contributed by atoms with Crippen molar-refractivity contribution in [1.82, 2.24) is 15.2 Å². The van der Waals surface area contributed by atoms with Gasteiger partial charge in [0.2, 0.25) is 0 Å². The molecular weight excluding hydrogens is 448 g/mol. The van der Waals surface area contributed by atoms with Crippen LogP contribution in [0.1, 0.15) is 34.8 Å². The summed E-state index contributed by atoms with van der Waals surface area (Å²) in [5, 5.41) is 11.7. The van der Waals surface area contributed by atoms with Crippen LogP contribution >= 0.6 is 0 Å². The van der Waals surface area contributed by atoms with Crippen molar-refractivity contribution >= 4 is 32.6 Å². The third-order valence-corrected chi connectivity index (χ3v) is 6.92. The fourth-order valence-corrected chi connectivity index (χ4v) is 5.09. The van der Waals surface area contributed by atoms with Crippen molar-refractivity contribution in [3.8, 4) is 0 Å². The smallest absolute Gasteiger partial charge is 0.277 e. The third-order valence-electron chi connectivity index (χ3n) is 5.76. The minimum Gasteiger partial charge on any atom is -0.353 e. The molecule has 2 aromatic heterocycles. The quantitative estimate of drug-likeness (QED) is 0.586. The van der Waals surface area contributed by atoms with Crippen LogP contribution in [-0.4, -0.2) is 42.0 Å². The Morgan fingerprint density at radius 2 is 1.85 bits per heavy atom. The summed E-state index contributed by atoms with van der Waals surface area (Å²) in [6.45, 7) is 0. The van der Waals surface area contributed by atoms with Crippen LogP contribution in [0.3, 0.4) is 0 Å². The average Bonchev–Trinajstić information content (AvgIpc) is 3.40. The average molecular weight is 470 g/mol. The number of anilines is 2. The second-order valence-corrected chi connectivity index (χ2v) is 10.3. The van der Waals surface area contributed by atoms with Gasteiger partial charge in [-0.25, -0.2) is 22.2 Å². The molecular formula is C23H21F2N5O2S. The number of fused-ring (bicyclic) bond motifs is 2. The highest BCUT2D eigenvalue weighted by atomic mass is 32.2. The van der Waals surface area contributed by atoms with E-state index < -0.39 is 16.3 Å². The van der Waals surface area contributed by atoms with Crippen molar-refractivity contribution in [3.05, 3.63) is 64.7 Å². The molecule has 5 rings (SSSR count). The monoisotopic (exact) mass is 469 g/mol.